The number of para-hydroxylation sites is 1. The summed E-state index contributed by atoms with van der Waals surface area (Å²) in [6, 6.07) is 8.70. The molecule has 1 aromatic heterocycles. The van der Waals surface area contributed by atoms with E-state index in [0.717, 1.165) is 0 Å². The first-order chi connectivity index (χ1) is 9.49. The molecule has 0 saturated heterocycles. The van der Waals surface area contributed by atoms with Crippen molar-refractivity contribution in [1.82, 2.24) is 4.98 Å². The van der Waals surface area contributed by atoms with Crippen molar-refractivity contribution in [2.24, 2.45) is 0 Å². The summed E-state index contributed by atoms with van der Waals surface area (Å²) in [4.78, 5) is 25.0. The maximum Gasteiger partial charge on any atom is 0.354 e. The minimum Gasteiger partial charge on any atom is -0.477 e. The summed E-state index contributed by atoms with van der Waals surface area (Å²) in [5.74, 6) is -1.16. The summed E-state index contributed by atoms with van der Waals surface area (Å²) < 4.78 is 5.38. The highest BCUT2D eigenvalue weighted by molar-refractivity contribution is 5.85. The molecule has 7 nitrogen and oxygen atoms in total. The first kappa shape index (κ1) is 13.5. The lowest BCUT2D eigenvalue weighted by Gasteiger charge is -2.08. The van der Waals surface area contributed by atoms with Gasteiger partial charge in [0, 0.05) is 12.1 Å². The number of nitro benzene ring substituents is 1. The van der Waals surface area contributed by atoms with Crippen molar-refractivity contribution in [3.05, 3.63) is 57.8 Å². The molecule has 20 heavy (non-hydrogen) atoms. The molecule has 0 aliphatic heterocycles. The molecule has 0 aliphatic carbocycles. The molecule has 7 heteroatoms. The quantitative estimate of drug-likeness (QED) is 0.679. The van der Waals surface area contributed by atoms with Gasteiger partial charge in [0.2, 0.25) is 11.6 Å². The summed E-state index contributed by atoms with van der Waals surface area (Å²) in [6.45, 7) is 1.66. The van der Waals surface area contributed by atoms with Gasteiger partial charge in [-0.2, -0.15) is 0 Å². The van der Waals surface area contributed by atoms with Gasteiger partial charge in [0.05, 0.1) is 4.92 Å². The number of pyridine rings is 1. The summed E-state index contributed by atoms with van der Waals surface area (Å²) in [5, 5.41) is 19.8. The van der Waals surface area contributed by atoms with Gasteiger partial charge in [-0.25, -0.2) is 9.78 Å². The van der Waals surface area contributed by atoms with Crippen LogP contribution in [-0.2, 0) is 0 Å². The number of ether oxygens (including phenoxy) is 1. The second kappa shape index (κ2) is 5.35. The van der Waals surface area contributed by atoms with Gasteiger partial charge < -0.3 is 9.84 Å². The first-order valence-corrected chi connectivity index (χ1v) is 5.61. The van der Waals surface area contributed by atoms with E-state index in [1.807, 2.05) is 0 Å². The summed E-state index contributed by atoms with van der Waals surface area (Å²) in [7, 11) is 0. The third-order valence-corrected chi connectivity index (χ3v) is 2.54. The number of benzene rings is 1. The number of nitro groups is 1. The van der Waals surface area contributed by atoms with E-state index in [4.69, 9.17) is 9.84 Å². The Labute approximate surface area is 113 Å². The van der Waals surface area contributed by atoms with Gasteiger partial charge in [-0.15, -0.1) is 0 Å². The van der Waals surface area contributed by atoms with Crippen LogP contribution in [0.5, 0.6) is 11.6 Å². The van der Waals surface area contributed by atoms with Gasteiger partial charge >= 0.3 is 11.7 Å². The molecule has 1 aromatic carbocycles. The molecule has 2 rings (SSSR count). The predicted molar refractivity (Wildman–Crippen MR) is 69.1 cm³/mol. The molecule has 1 N–H and O–H groups in total. The fourth-order valence-electron chi connectivity index (χ4n) is 1.61. The van der Waals surface area contributed by atoms with E-state index in [2.05, 4.69) is 4.98 Å². The van der Waals surface area contributed by atoms with E-state index < -0.39 is 10.9 Å². The van der Waals surface area contributed by atoms with E-state index in [9.17, 15) is 14.9 Å². The van der Waals surface area contributed by atoms with E-state index >= 15 is 0 Å². The Balaban J connectivity index is 2.42. The molecular formula is C13H10N2O5. The van der Waals surface area contributed by atoms with Gasteiger partial charge in [-0.3, -0.25) is 10.1 Å². The van der Waals surface area contributed by atoms with Crippen LogP contribution in [0.4, 0.5) is 5.69 Å². The number of carboxylic acid groups (broad SMARTS) is 1. The third kappa shape index (κ3) is 2.72. The number of carbonyl (C=O) groups is 1. The zero-order valence-corrected chi connectivity index (χ0v) is 10.4. The molecule has 0 aliphatic rings. The Morgan fingerprint density at radius 1 is 1.30 bits per heavy atom. The monoisotopic (exact) mass is 274 g/mol. The number of aryl methyl sites for hydroxylation is 1. The molecule has 0 saturated carbocycles. The van der Waals surface area contributed by atoms with Gasteiger partial charge in [0.15, 0.2) is 5.69 Å². The van der Waals surface area contributed by atoms with Crippen molar-refractivity contribution >= 4 is 11.7 Å². The predicted octanol–water partition coefficient (Wildman–Crippen LogP) is 2.79. The number of carboxylic acids is 1. The molecule has 102 valence electrons. The minimum absolute atomic E-state index is 0.0118. The Bertz CT molecular complexity index is 684. The standard InChI is InChI=1S/C13H10N2O5/c1-8-4-2-6-10(15(18)19)12(8)20-11-7-3-5-9(14-11)13(16)17/h2-7H,1H3,(H,16,17). The average Bonchev–Trinajstić information content (AvgIpc) is 2.41. The van der Waals surface area contributed by atoms with Crippen molar-refractivity contribution in [2.75, 3.05) is 0 Å². The van der Waals surface area contributed by atoms with Gasteiger partial charge in [-0.05, 0) is 18.6 Å². The van der Waals surface area contributed by atoms with Crippen molar-refractivity contribution in [2.45, 2.75) is 6.92 Å². The largest absolute Gasteiger partial charge is 0.477 e. The van der Waals surface area contributed by atoms with Crippen LogP contribution in [-0.4, -0.2) is 21.0 Å². The number of hydrogen-bond donors (Lipinski definition) is 1. The molecular weight excluding hydrogens is 264 g/mol. The number of aromatic nitrogens is 1. The molecule has 0 bridgehead atoms. The molecule has 0 amide bonds. The van der Waals surface area contributed by atoms with Crippen LogP contribution in [0, 0.1) is 17.0 Å². The van der Waals surface area contributed by atoms with E-state index in [1.165, 1.54) is 24.3 Å². The average molecular weight is 274 g/mol. The fourth-order valence-corrected chi connectivity index (χ4v) is 1.61. The maximum atomic E-state index is 11.0. The molecule has 0 fully saturated rings. The summed E-state index contributed by atoms with van der Waals surface area (Å²) in [6.07, 6.45) is 0. The molecule has 0 unspecified atom stereocenters. The van der Waals surface area contributed by atoms with Crippen molar-refractivity contribution < 1.29 is 19.6 Å². The van der Waals surface area contributed by atoms with E-state index in [0.29, 0.717) is 5.56 Å². The van der Waals surface area contributed by atoms with E-state index in [-0.39, 0.29) is 23.0 Å². The Morgan fingerprint density at radius 2 is 2.00 bits per heavy atom. The van der Waals surface area contributed by atoms with Gasteiger partial charge in [-0.1, -0.05) is 18.2 Å². The number of nitrogens with zero attached hydrogens (tertiary/aromatic N) is 2. The van der Waals surface area contributed by atoms with Crippen LogP contribution in [0.2, 0.25) is 0 Å². The SMILES string of the molecule is Cc1cccc([N+](=O)[O-])c1Oc1cccc(C(=O)O)n1. The second-order valence-electron chi connectivity index (χ2n) is 3.95. The third-order valence-electron chi connectivity index (χ3n) is 2.54. The lowest BCUT2D eigenvalue weighted by molar-refractivity contribution is -0.385. The fraction of sp³-hybridized carbons (Fsp3) is 0.0769. The second-order valence-corrected chi connectivity index (χ2v) is 3.95. The van der Waals surface area contributed by atoms with Crippen LogP contribution < -0.4 is 4.74 Å². The van der Waals surface area contributed by atoms with Gasteiger partial charge in [0.25, 0.3) is 0 Å². The molecule has 0 atom stereocenters. The van der Waals surface area contributed by atoms with Crippen LogP contribution in [0.1, 0.15) is 16.1 Å². The topological polar surface area (TPSA) is 103 Å². The zero-order chi connectivity index (χ0) is 14.7. The van der Waals surface area contributed by atoms with Crippen LogP contribution >= 0.6 is 0 Å². The Hall–Kier alpha value is -2.96. The van der Waals surface area contributed by atoms with Crippen LogP contribution in [0.15, 0.2) is 36.4 Å². The maximum absolute atomic E-state index is 11.0. The zero-order valence-electron chi connectivity index (χ0n) is 10.4. The first-order valence-electron chi connectivity index (χ1n) is 5.61. The van der Waals surface area contributed by atoms with Crippen LogP contribution in [0.3, 0.4) is 0 Å². The lowest BCUT2D eigenvalue weighted by Crippen LogP contribution is -2.02. The highest BCUT2D eigenvalue weighted by Crippen LogP contribution is 2.33. The molecule has 0 spiro atoms. The molecule has 1 heterocycles. The number of aromatic carboxylic acids is 1. The molecule has 0 radical (unpaired) electrons. The Kier molecular flexibility index (Phi) is 3.60. The number of hydrogen-bond acceptors (Lipinski definition) is 5. The van der Waals surface area contributed by atoms with E-state index in [1.54, 1.807) is 19.1 Å². The Morgan fingerprint density at radius 3 is 2.65 bits per heavy atom. The highest BCUT2D eigenvalue weighted by atomic mass is 16.6. The normalized spacial score (nSPS) is 10.1. The summed E-state index contributed by atoms with van der Waals surface area (Å²) in [5.41, 5.74) is 0.160. The van der Waals surface area contributed by atoms with Crippen molar-refractivity contribution in [1.29, 1.82) is 0 Å². The van der Waals surface area contributed by atoms with Gasteiger partial charge in [0.1, 0.15) is 0 Å². The lowest BCUT2D eigenvalue weighted by atomic mass is 10.2. The molecule has 2 aromatic rings. The highest BCUT2D eigenvalue weighted by Gasteiger charge is 2.18. The van der Waals surface area contributed by atoms with Crippen molar-refractivity contribution in [3.63, 3.8) is 0 Å². The summed E-state index contributed by atoms with van der Waals surface area (Å²) >= 11 is 0. The minimum atomic E-state index is -1.20. The van der Waals surface area contributed by atoms with Crippen LogP contribution in [0.25, 0.3) is 0 Å². The smallest absolute Gasteiger partial charge is 0.354 e. The van der Waals surface area contributed by atoms with Crippen molar-refractivity contribution in [3.8, 4) is 11.6 Å². The number of rotatable bonds is 4.